The number of thiophene rings is 1. The van der Waals surface area contributed by atoms with Gasteiger partial charge < -0.3 is 10.1 Å². The highest BCUT2D eigenvalue weighted by Gasteiger charge is 2.30. The molecule has 2 heterocycles. The molecule has 4 aromatic rings. The largest absolute Gasteiger partial charge is 0.573 e. The molecule has 0 aliphatic rings. The molecule has 1 N–H and O–H groups in total. The van der Waals surface area contributed by atoms with Crippen LogP contribution in [0.4, 0.5) is 19.0 Å². The average molecular weight is 469 g/mol. The number of hydrogen-bond acceptors (Lipinski definition) is 6. The van der Waals surface area contributed by atoms with Gasteiger partial charge in [-0.1, -0.05) is 36.4 Å². The highest BCUT2D eigenvalue weighted by Crippen LogP contribution is 2.29. The number of nitrogens with zero attached hydrogens (tertiary/aromatic N) is 3. The molecule has 0 saturated heterocycles. The van der Waals surface area contributed by atoms with Crippen LogP contribution in [-0.2, 0) is 6.42 Å². The van der Waals surface area contributed by atoms with Gasteiger partial charge in [0.1, 0.15) is 22.5 Å². The predicted octanol–water partition coefficient (Wildman–Crippen LogP) is 6.48. The van der Waals surface area contributed by atoms with Gasteiger partial charge in [-0.3, -0.25) is 0 Å². The van der Waals surface area contributed by atoms with Gasteiger partial charge in [-0.25, -0.2) is 9.97 Å². The molecule has 0 bridgehead atoms. The number of aryl methyl sites for hydroxylation is 2. The van der Waals surface area contributed by atoms with Gasteiger partial charge in [0.05, 0.1) is 5.39 Å². The number of ether oxygens (including phenoxy) is 1. The van der Waals surface area contributed by atoms with E-state index in [1.165, 1.54) is 23.5 Å². The second-order valence-electron chi connectivity index (χ2n) is 7.38. The van der Waals surface area contributed by atoms with Crippen LogP contribution in [0.5, 0.6) is 5.75 Å². The fourth-order valence-electron chi connectivity index (χ4n) is 3.44. The molecule has 0 aliphatic heterocycles. The first-order valence-electron chi connectivity index (χ1n) is 10.2. The maximum absolute atomic E-state index is 12.3. The minimum Gasteiger partial charge on any atom is -0.406 e. The summed E-state index contributed by atoms with van der Waals surface area (Å²) in [5.41, 5.74) is 2.87. The van der Waals surface area contributed by atoms with Crippen molar-refractivity contribution in [2.45, 2.75) is 26.1 Å². The lowest BCUT2D eigenvalue weighted by atomic mass is 10.0. The van der Waals surface area contributed by atoms with Crippen molar-refractivity contribution < 1.29 is 17.9 Å². The quantitative estimate of drug-likeness (QED) is 0.314. The zero-order chi connectivity index (χ0) is 23.4. The molecule has 2 aromatic carbocycles. The number of aromatic nitrogens is 2. The Morgan fingerprint density at radius 1 is 1.03 bits per heavy atom. The second kappa shape index (κ2) is 9.46. The maximum atomic E-state index is 12.3. The topological polar surface area (TPSA) is 70.8 Å². The van der Waals surface area contributed by atoms with Gasteiger partial charge in [-0.05, 0) is 54.7 Å². The van der Waals surface area contributed by atoms with E-state index in [-0.39, 0.29) is 11.6 Å². The maximum Gasteiger partial charge on any atom is 0.573 e. The third-order valence-corrected chi connectivity index (χ3v) is 5.87. The first-order chi connectivity index (χ1) is 15.8. The van der Waals surface area contributed by atoms with Crippen molar-refractivity contribution in [2.24, 2.45) is 0 Å². The van der Waals surface area contributed by atoms with Crippen LogP contribution >= 0.6 is 11.3 Å². The van der Waals surface area contributed by atoms with E-state index in [2.05, 4.69) is 20.0 Å². The van der Waals surface area contributed by atoms with Gasteiger partial charge in [0.15, 0.2) is 0 Å². The van der Waals surface area contributed by atoms with Crippen molar-refractivity contribution in [3.63, 3.8) is 0 Å². The molecule has 5 nitrogen and oxygen atoms in total. The van der Waals surface area contributed by atoms with E-state index in [9.17, 15) is 13.2 Å². The van der Waals surface area contributed by atoms with Gasteiger partial charge in [0.25, 0.3) is 0 Å². The minimum absolute atomic E-state index is 0.153. The zero-order valence-corrected chi connectivity index (χ0v) is 18.4. The van der Waals surface area contributed by atoms with Crippen molar-refractivity contribution in [3.05, 3.63) is 70.9 Å². The Kier molecular flexibility index (Phi) is 6.47. The van der Waals surface area contributed by atoms with Crippen LogP contribution in [0, 0.1) is 18.3 Å². The lowest BCUT2D eigenvalue weighted by Crippen LogP contribution is -2.16. The van der Waals surface area contributed by atoms with Crippen LogP contribution in [0.2, 0.25) is 0 Å². The molecule has 4 rings (SSSR count). The summed E-state index contributed by atoms with van der Waals surface area (Å²) in [5.74, 6) is 0.588. The van der Waals surface area contributed by atoms with Crippen LogP contribution in [0.1, 0.15) is 22.7 Å². The van der Waals surface area contributed by atoms with Crippen LogP contribution in [0.3, 0.4) is 0 Å². The molecule has 0 fully saturated rings. The zero-order valence-electron chi connectivity index (χ0n) is 17.6. The minimum atomic E-state index is -4.70. The third kappa shape index (κ3) is 5.79. The molecule has 33 heavy (non-hydrogen) atoms. The number of nitriles is 1. The number of alkyl halides is 3. The van der Waals surface area contributed by atoms with Crippen molar-refractivity contribution >= 4 is 27.4 Å². The Labute approximate surface area is 192 Å². The van der Waals surface area contributed by atoms with Crippen molar-refractivity contribution in [1.29, 1.82) is 5.26 Å². The lowest BCUT2D eigenvalue weighted by Gasteiger charge is -2.10. The Hall–Kier alpha value is -3.64. The molecule has 0 saturated carbocycles. The number of anilines is 1. The molecule has 0 radical (unpaired) electrons. The van der Waals surface area contributed by atoms with E-state index in [0.29, 0.717) is 12.4 Å². The summed E-state index contributed by atoms with van der Waals surface area (Å²) in [6.45, 7) is 2.69. The summed E-state index contributed by atoms with van der Waals surface area (Å²) >= 11 is 1.54. The molecular formula is C24H19F3N4OS. The van der Waals surface area contributed by atoms with Gasteiger partial charge in [0, 0.05) is 11.4 Å². The third-order valence-electron chi connectivity index (χ3n) is 4.93. The number of fused-ring (bicyclic) bond motifs is 1. The fraction of sp³-hybridized carbons (Fsp3) is 0.208. The second-order valence-corrected chi connectivity index (χ2v) is 8.62. The number of halogens is 3. The van der Waals surface area contributed by atoms with Crippen molar-refractivity contribution in [2.75, 3.05) is 11.9 Å². The molecule has 0 unspecified atom stereocenters. The summed E-state index contributed by atoms with van der Waals surface area (Å²) in [4.78, 5) is 10.5. The summed E-state index contributed by atoms with van der Waals surface area (Å²) in [7, 11) is 0. The van der Waals surface area contributed by atoms with Gasteiger partial charge in [-0.15, -0.1) is 24.5 Å². The predicted molar refractivity (Wildman–Crippen MR) is 122 cm³/mol. The number of nitrogens with one attached hydrogen (secondary N) is 1. The van der Waals surface area contributed by atoms with E-state index in [1.54, 1.807) is 12.1 Å². The SMILES string of the molecule is Cc1cc2c(NCCCc3ccc(-c4ccc(OC(F)(F)F)cc4)cc3)nc(C#N)nc2s1. The van der Waals surface area contributed by atoms with Crippen molar-refractivity contribution in [3.8, 4) is 22.9 Å². The number of benzene rings is 2. The smallest absolute Gasteiger partial charge is 0.406 e. The standard InChI is InChI=1S/C24H19F3N4OS/c1-15-13-20-22(30-21(14-28)31-23(20)33-15)29-12-2-3-16-4-6-17(7-5-16)18-8-10-19(11-9-18)32-24(25,26)27/h4-11,13H,2-3,12H2,1H3,(H,29,30,31). The molecule has 0 amide bonds. The van der Waals surface area contributed by atoms with Crippen LogP contribution in [0.15, 0.2) is 54.6 Å². The summed E-state index contributed by atoms with van der Waals surface area (Å²) in [6, 6.07) is 17.7. The normalized spacial score (nSPS) is 11.4. The van der Waals surface area contributed by atoms with E-state index < -0.39 is 6.36 Å². The summed E-state index contributed by atoms with van der Waals surface area (Å²) in [6.07, 6.45) is -2.99. The van der Waals surface area contributed by atoms with E-state index in [1.807, 2.05) is 43.3 Å². The molecule has 168 valence electrons. The molecule has 2 aromatic heterocycles. The van der Waals surface area contributed by atoms with Crippen molar-refractivity contribution in [1.82, 2.24) is 9.97 Å². The molecule has 0 spiro atoms. The van der Waals surface area contributed by atoms with E-state index in [0.717, 1.165) is 44.6 Å². The first kappa shape index (κ1) is 22.6. The first-order valence-corrected chi connectivity index (χ1v) is 11.0. The van der Waals surface area contributed by atoms with Crippen LogP contribution in [-0.4, -0.2) is 22.9 Å². The fourth-order valence-corrected chi connectivity index (χ4v) is 4.32. The summed E-state index contributed by atoms with van der Waals surface area (Å²) in [5, 5.41) is 13.4. The summed E-state index contributed by atoms with van der Waals surface area (Å²) < 4.78 is 40.8. The van der Waals surface area contributed by atoms with Gasteiger partial charge in [0.2, 0.25) is 5.82 Å². The van der Waals surface area contributed by atoms with Crippen LogP contribution < -0.4 is 10.1 Å². The van der Waals surface area contributed by atoms with Gasteiger partial charge in [-0.2, -0.15) is 5.26 Å². The Bertz CT molecular complexity index is 1290. The van der Waals surface area contributed by atoms with E-state index in [4.69, 9.17) is 5.26 Å². The highest BCUT2D eigenvalue weighted by molar-refractivity contribution is 7.18. The molecule has 0 aliphatic carbocycles. The average Bonchev–Trinajstić information content (AvgIpc) is 3.16. The Morgan fingerprint density at radius 2 is 1.70 bits per heavy atom. The Morgan fingerprint density at radius 3 is 2.33 bits per heavy atom. The molecule has 0 atom stereocenters. The van der Waals surface area contributed by atoms with E-state index >= 15 is 0 Å². The number of rotatable bonds is 7. The molecular weight excluding hydrogens is 449 g/mol. The van der Waals surface area contributed by atoms with Gasteiger partial charge >= 0.3 is 6.36 Å². The van der Waals surface area contributed by atoms with Crippen LogP contribution in [0.25, 0.3) is 21.3 Å². The number of hydrogen-bond donors (Lipinski definition) is 1. The Balaban J connectivity index is 1.33. The molecule has 9 heteroatoms. The monoisotopic (exact) mass is 468 g/mol. The highest BCUT2D eigenvalue weighted by atomic mass is 32.1. The lowest BCUT2D eigenvalue weighted by molar-refractivity contribution is -0.274.